The maximum atomic E-state index is 12.5. The van der Waals surface area contributed by atoms with E-state index in [2.05, 4.69) is 33.0 Å². The first kappa shape index (κ1) is 29.3. The summed E-state index contributed by atoms with van der Waals surface area (Å²) in [7, 11) is 0. The lowest BCUT2D eigenvalue weighted by molar-refractivity contribution is -0.207. The maximum absolute atomic E-state index is 12.5. The van der Waals surface area contributed by atoms with Gasteiger partial charge in [0, 0.05) is 13.0 Å². The van der Waals surface area contributed by atoms with Crippen molar-refractivity contribution in [2.24, 2.45) is 46.3 Å². The van der Waals surface area contributed by atoms with Crippen molar-refractivity contribution in [1.29, 1.82) is 0 Å². The number of aliphatic hydroxyl groups is 3. The summed E-state index contributed by atoms with van der Waals surface area (Å²) >= 11 is 0. The van der Waals surface area contributed by atoms with E-state index in [0.717, 1.165) is 64.3 Å². The van der Waals surface area contributed by atoms with Crippen LogP contribution < -0.4 is 5.32 Å². The topological polar surface area (TPSA) is 89.8 Å². The molecule has 0 bridgehead atoms. The van der Waals surface area contributed by atoms with Gasteiger partial charge in [0.1, 0.15) is 0 Å². The molecule has 4 aliphatic rings. The summed E-state index contributed by atoms with van der Waals surface area (Å²) in [6.45, 7) is 10.0. The third-order valence-electron chi connectivity index (χ3n) is 12.2. The van der Waals surface area contributed by atoms with E-state index in [1.165, 1.54) is 32.1 Å². The Morgan fingerprint density at radius 2 is 1.68 bits per heavy atom. The average Bonchev–Trinajstić information content (AvgIpc) is 3.22. The zero-order chi connectivity index (χ0) is 26.8. The molecule has 4 fully saturated rings. The fourth-order valence-electron chi connectivity index (χ4n) is 9.91. The van der Waals surface area contributed by atoms with Crippen molar-refractivity contribution >= 4 is 5.91 Å². The Hall–Kier alpha value is -0.650. The van der Waals surface area contributed by atoms with Gasteiger partial charge in [0.05, 0.1) is 18.3 Å². The number of aliphatic hydroxyl groups excluding tert-OH is 3. The first-order valence-corrected chi connectivity index (χ1v) is 15.9. The molecule has 4 N–H and O–H groups in total. The summed E-state index contributed by atoms with van der Waals surface area (Å²) in [5.74, 6) is 2.24. The van der Waals surface area contributed by atoms with Gasteiger partial charge in [0.25, 0.3) is 0 Å². The van der Waals surface area contributed by atoms with Gasteiger partial charge in [-0.2, -0.15) is 0 Å². The van der Waals surface area contributed by atoms with E-state index in [-0.39, 0.29) is 41.0 Å². The normalized spacial score (nSPS) is 44.0. The molecule has 4 saturated carbocycles. The quantitative estimate of drug-likeness (QED) is 0.258. The van der Waals surface area contributed by atoms with Gasteiger partial charge in [-0.25, -0.2) is 0 Å². The Kier molecular flexibility index (Phi) is 9.71. The Labute approximate surface area is 226 Å². The van der Waals surface area contributed by atoms with Crippen molar-refractivity contribution in [2.45, 2.75) is 142 Å². The number of hydrogen-bond acceptors (Lipinski definition) is 4. The van der Waals surface area contributed by atoms with Gasteiger partial charge in [0.15, 0.2) is 0 Å². The van der Waals surface area contributed by atoms with Crippen LogP contribution in [0.1, 0.15) is 124 Å². The first-order valence-electron chi connectivity index (χ1n) is 15.9. The summed E-state index contributed by atoms with van der Waals surface area (Å²) in [5.41, 5.74) is -0.0723. The van der Waals surface area contributed by atoms with E-state index in [1.807, 2.05) is 0 Å². The lowest BCUT2D eigenvalue weighted by Crippen LogP contribution is -2.62. The maximum Gasteiger partial charge on any atom is 0.220 e. The van der Waals surface area contributed by atoms with Gasteiger partial charge in [-0.1, -0.05) is 59.8 Å². The molecule has 5 heteroatoms. The Bertz CT molecular complexity index is 759. The molecule has 0 aromatic heterocycles. The second kappa shape index (κ2) is 12.3. The van der Waals surface area contributed by atoms with Crippen molar-refractivity contribution < 1.29 is 20.1 Å². The Balaban J connectivity index is 1.33. The second-order valence-corrected chi connectivity index (χ2v) is 14.2. The summed E-state index contributed by atoms with van der Waals surface area (Å²) in [4.78, 5) is 12.5. The van der Waals surface area contributed by atoms with E-state index in [1.54, 1.807) is 0 Å². The summed E-state index contributed by atoms with van der Waals surface area (Å²) < 4.78 is 0. The van der Waals surface area contributed by atoms with Crippen LogP contribution in [-0.4, -0.2) is 46.1 Å². The molecular weight excluding hydrogens is 462 g/mol. The van der Waals surface area contributed by atoms with Crippen molar-refractivity contribution in [3.63, 3.8) is 0 Å². The molecule has 4 aliphatic carbocycles. The molecule has 11 atom stereocenters. The third-order valence-corrected chi connectivity index (χ3v) is 12.2. The molecule has 0 heterocycles. The molecule has 4 rings (SSSR count). The summed E-state index contributed by atoms with van der Waals surface area (Å²) in [5, 5.41) is 36.6. The minimum absolute atomic E-state index is 0.114. The molecule has 37 heavy (non-hydrogen) atoms. The highest BCUT2D eigenvalue weighted by Crippen LogP contribution is 2.68. The Morgan fingerprint density at radius 1 is 0.946 bits per heavy atom. The molecule has 2 unspecified atom stereocenters. The predicted octanol–water partition coefficient (Wildman–Crippen LogP) is 5.84. The fraction of sp³-hybridized carbons (Fsp3) is 0.969. The van der Waals surface area contributed by atoms with Crippen LogP contribution in [-0.2, 0) is 4.79 Å². The van der Waals surface area contributed by atoms with Gasteiger partial charge in [0.2, 0.25) is 5.91 Å². The average molecular weight is 520 g/mol. The zero-order valence-corrected chi connectivity index (χ0v) is 24.3. The van der Waals surface area contributed by atoms with Crippen molar-refractivity contribution in [1.82, 2.24) is 5.32 Å². The van der Waals surface area contributed by atoms with Crippen molar-refractivity contribution in [3.8, 4) is 0 Å². The number of unbranched alkanes of at least 4 members (excludes halogenated alkanes) is 5. The molecule has 214 valence electrons. The number of nitrogens with one attached hydrogen (secondary N) is 1. The molecule has 0 aliphatic heterocycles. The third kappa shape index (κ3) is 5.80. The highest BCUT2D eigenvalue weighted by Gasteiger charge is 2.65. The molecule has 0 aromatic carbocycles. The standard InChI is InChI=1S/C32H57NO4/c1-5-6-7-8-9-10-17-33-29(37)14-11-21(2)24-12-13-25-30-26(20-28(36)32(24,25)4)31(3)16-15-23(34)18-22(31)19-27(30)35/h21-28,30,34-36H,5-20H2,1-4H3,(H,33,37)/t21?,22-,23+,24+,25-,26-,27+,28-,30?,31-,32+/m0/s1. The van der Waals surface area contributed by atoms with Crippen molar-refractivity contribution in [2.75, 3.05) is 6.54 Å². The largest absolute Gasteiger partial charge is 0.393 e. The minimum atomic E-state index is -0.357. The smallest absolute Gasteiger partial charge is 0.220 e. The number of carbonyl (C=O) groups is 1. The summed E-state index contributed by atoms with van der Waals surface area (Å²) in [6, 6.07) is 0. The second-order valence-electron chi connectivity index (χ2n) is 14.2. The monoisotopic (exact) mass is 519 g/mol. The number of rotatable bonds is 11. The highest BCUT2D eigenvalue weighted by atomic mass is 16.3. The lowest BCUT2D eigenvalue weighted by atomic mass is 9.43. The first-order chi connectivity index (χ1) is 17.6. The van der Waals surface area contributed by atoms with Crippen LogP contribution in [0, 0.1) is 46.3 Å². The Morgan fingerprint density at radius 3 is 2.43 bits per heavy atom. The van der Waals surface area contributed by atoms with Crippen LogP contribution in [0.2, 0.25) is 0 Å². The minimum Gasteiger partial charge on any atom is -0.393 e. The number of fused-ring (bicyclic) bond motifs is 5. The van der Waals surface area contributed by atoms with E-state index in [9.17, 15) is 20.1 Å². The molecular formula is C32H57NO4. The predicted molar refractivity (Wildman–Crippen MR) is 149 cm³/mol. The van der Waals surface area contributed by atoms with Gasteiger partial charge >= 0.3 is 0 Å². The highest BCUT2D eigenvalue weighted by molar-refractivity contribution is 5.75. The number of hydrogen-bond donors (Lipinski definition) is 4. The van der Waals surface area contributed by atoms with Crippen LogP contribution in [0.15, 0.2) is 0 Å². The van der Waals surface area contributed by atoms with E-state index in [0.29, 0.717) is 36.0 Å². The van der Waals surface area contributed by atoms with E-state index < -0.39 is 0 Å². The molecule has 1 amide bonds. The van der Waals surface area contributed by atoms with Crippen LogP contribution in [0.25, 0.3) is 0 Å². The SMILES string of the molecule is CCCCCCCCNC(=O)CCC(C)[C@H]1CC[C@H]2C3[C@H](O)C[C@@H]4C[C@H](O)CC[C@]4(C)[C@H]3C[C@H](O)[C@]12C. The van der Waals surface area contributed by atoms with Crippen LogP contribution in [0.4, 0.5) is 0 Å². The van der Waals surface area contributed by atoms with Gasteiger partial charge in [-0.05, 0) is 104 Å². The zero-order valence-electron chi connectivity index (χ0n) is 24.3. The van der Waals surface area contributed by atoms with E-state index in [4.69, 9.17) is 0 Å². The molecule has 0 spiro atoms. The van der Waals surface area contributed by atoms with Crippen LogP contribution in [0.5, 0.6) is 0 Å². The summed E-state index contributed by atoms with van der Waals surface area (Å²) in [6.07, 6.45) is 14.3. The van der Waals surface area contributed by atoms with Crippen LogP contribution >= 0.6 is 0 Å². The lowest BCUT2D eigenvalue weighted by Gasteiger charge is -2.63. The molecule has 5 nitrogen and oxygen atoms in total. The van der Waals surface area contributed by atoms with E-state index >= 15 is 0 Å². The fourth-order valence-corrected chi connectivity index (χ4v) is 9.91. The van der Waals surface area contributed by atoms with Crippen molar-refractivity contribution in [3.05, 3.63) is 0 Å². The van der Waals surface area contributed by atoms with Gasteiger partial charge in [-0.3, -0.25) is 4.79 Å². The molecule has 0 saturated heterocycles. The van der Waals surface area contributed by atoms with Gasteiger partial charge in [-0.15, -0.1) is 0 Å². The van der Waals surface area contributed by atoms with Crippen LogP contribution in [0.3, 0.4) is 0 Å². The molecule has 0 radical (unpaired) electrons. The van der Waals surface area contributed by atoms with Gasteiger partial charge < -0.3 is 20.6 Å². The number of carbonyl (C=O) groups excluding carboxylic acids is 1. The number of amides is 1. The molecule has 0 aromatic rings.